The average molecular weight is 479 g/mol. The van der Waals surface area contributed by atoms with Crippen molar-refractivity contribution >= 4 is 18.0 Å². The lowest BCUT2D eigenvalue weighted by Crippen LogP contribution is -2.52. The number of rotatable bonds is 7. The number of ether oxygens (including phenoxy) is 1. The van der Waals surface area contributed by atoms with Crippen LogP contribution in [-0.4, -0.2) is 53.2 Å². The van der Waals surface area contributed by atoms with E-state index in [1.54, 1.807) is 0 Å². The Bertz CT molecular complexity index is 1070. The fraction of sp³-hybridized carbons (Fsp3) is 0.464. The van der Waals surface area contributed by atoms with Crippen molar-refractivity contribution in [2.45, 2.75) is 63.5 Å². The van der Waals surface area contributed by atoms with Crippen molar-refractivity contribution in [1.29, 1.82) is 0 Å². The van der Waals surface area contributed by atoms with E-state index in [1.807, 2.05) is 24.3 Å². The number of benzene rings is 2. The SMILES string of the molecule is CN(C(=O)CC1CCCCC1NC(=O)OCC1c2ccccc2-c2ccccc21)C(C)(C)C(=O)O. The number of carbonyl (C=O) groups excluding carboxylic acids is 2. The number of carbonyl (C=O) groups is 3. The summed E-state index contributed by atoms with van der Waals surface area (Å²) in [5, 5.41) is 12.4. The summed E-state index contributed by atoms with van der Waals surface area (Å²) in [4.78, 5) is 38.5. The summed E-state index contributed by atoms with van der Waals surface area (Å²) in [5.74, 6) is -1.35. The number of aliphatic carboxylic acids is 1. The highest BCUT2D eigenvalue weighted by atomic mass is 16.5. The standard InChI is InChI=1S/C28H34N2O5/c1-28(2,26(32)33)30(3)25(31)16-18-10-4-9-15-24(18)29-27(34)35-17-23-21-13-7-5-11-19(21)20-12-6-8-14-22(20)23/h5-8,11-14,18,23-24H,4,9-10,15-17H2,1-3H3,(H,29,34)(H,32,33). The highest BCUT2D eigenvalue weighted by Crippen LogP contribution is 2.44. The first kappa shape index (κ1) is 24.8. The molecule has 2 aromatic rings. The minimum absolute atomic E-state index is 0.0104. The molecule has 0 saturated heterocycles. The van der Waals surface area contributed by atoms with Gasteiger partial charge in [0.25, 0.3) is 0 Å². The van der Waals surface area contributed by atoms with Crippen LogP contribution in [0.1, 0.15) is 63.0 Å². The van der Waals surface area contributed by atoms with Gasteiger partial charge in [0.2, 0.25) is 5.91 Å². The van der Waals surface area contributed by atoms with E-state index in [0.29, 0.717) is 0 Å². The van der Waals surface area contributed by atoms with Gasteiger partial charge in [0.1, 0.15) is 12.1 Å². The Morgan fingerprint density at radius 2 is 1.57 bits per heavy atom. The maximum Gasteiger partial charge on any atom is 0.407 e. The summed E-state index contributed by atoms with van der Waals surface area (Å²) in [6.45, 7) is 3.27. The van der Waals surface area contributed by atoms with Crippen LogP contribution in [0.5, 0.6) is 0 Å². The van der Waals surface area contributed by atoms with Crippen molar-refractivity contribution in [2.75, 3.05) is 13.7 Å². The number of carboxylic acids is 1. The molecule has 1 fully saturated rings. The summed E-state index contributed by atoms with van der Waals surface area (Å²) in [7, 11) is 1.52. The van der Waals surface area contributed by atoms with Gasteiger partial charge < -0.3 is 20.1 Å². The number of amides is 2. The van der Waals surface area contributed by atoms with E-state index in [9.17, 15) is 19.5 Å². The van der Waals surface area contributed by atoms with E-state index < -0.39 is 17.6 Å². The maximum atomic E-state index is 12.8. The Hall–Kier alpha value is -3.35. The van der Waals surface area contributed by atoms with Gasteiger partial charge in [-0.05, 0) is 54.9 Å². The molecule has 2 N–H and O–H groups in total. The molecule has 2 aliphatic carbocycles. The van der Waals surface area contributed by atoms with Crippen LogP contribution in [-0.2, 0) is 14.3 Å². The maximum absolute atomic E-state index is 12.8. The van der Waals surface area contributed by atoms with Gasteiger partial charge in [-0.25, -0.2) is 9.59 Å². The average Bonchev–Trinajstić information content (AvgIpc) is 3.17. The van der Waals surface area contributed by atoms with Crippen molar-refractivity contribution < 1.29 is 24.2 Å². The Kier molecular flexibility index (Phi) is 7.15. The van der Waals surface area contributed by atoms with Crippen LogP contribution in [0.4, 0.5) is 4.79 Å². The molecule has 2 aliphatic rings. The second-order valence-electron chi connectivity index (χ2n) is 10.1. The number of fused-ring (bicyclic) bond motifs is 3. The Balaban J connectivity index is 1.38. The molecule has 0 radical (unpaired) electrons. The van der Waals surface area contributed by atoms with E-state index >= 15 is 0 Å². The monoisotopic (exact) mass is 478 g/mol. The normalized spacial score (nSPS) is 19.4. The predicted molar refractivity (Wildman–Crippen MR) is 133 cm³/mol. The van der Waals surface area contributed by atoms with Gasteiger partial charge in [0, 0.05) is 25.4 Å². The fourth-order valence-electron chi connectivity index (χ4n) is 5.25. The molecule has 0 spiro atoms. The number of nitrogens with one attached hydrogen (secondary N) is 1. The third-order valence-electron chi connectivity index (χ3n) is 7.73. The summed E-state index contributed by atoms with van der Waals surface area (Å²) in [6, 6.07) is 16.2. The van der Waals surface area contributed by atoms with E-state index in [0.717, 1.165) is 36.8 Å². The van der Waals surface area contributed by atoms with Crippen molar-refractivity contribution in [2.24, 2.45) is 5.92 Å². The Labute approximate surface area is 206 Å². The third-order valence-corrected chi connectivity index (χ3v) is 7.73. The largest absolute Gasteiger partial charge is 0.480 e. The number of nitrogens with zero attached hydrogens (tertiary/aromatic N) is 1. The van der Waals surface area contributed by atoms with Crippen LogP contribution >= 0.6 is 0 Å². The first-order valence-electron chi connectivity index (χ1n) is 12.3. The van der Waals surface area contributed by atoms with Crippen molar-refractivity contribution in [3.8, 4) is 11.1 Å². The molecule has 1 saturated carbocycles. The molecule has 2 unspecified atom stereocenters. The lowest BCUT2D eigenvalue weighted by molar-refractivity contribution is -0.155. The summed E-state index contributed by atoms with van der Waals surface area (Å²) < 4.78 is 5.71. The van der Waals surface area contributed by atoms with E-state index in [2.05, 4.69) is 29.6 Å². The van der Waals surface area contributed by atoms with E-state index in [1.165, 1.54) is 36.9 Å². The summed E-state index contributed by atoms with van der Waals surface area (Å²) >= 11 is 0. The van der Waals surface area contributed by atoms with Crippen molar-refractivity contribution in [1.82, 2.24) is 10.2 Å². The predicted octanol–water partition coefficient (Wildman–Crippen LogP) is 4.80. The van der Waals surface area contributed by atoms with Crippen molar-refractivity contribution in [3.63, 3.8) is 0 Å². The molecule has 186 valence electrons. The van der Waals surface area contributed by atoms with Gasteiger partial charge in [0.05, 0.1) is 0 Å². The fourth-order valence-corrected chi connectivity index (χ4v) is 5.25. The molecule has 0 aliphatic heterocycles. The van der Waals surface area contributed by atoms with Crippen LogP contribution in [0.15, 0.2) is 48.5 Å². The second kappa shape index (κ2) is 10.1. The van der Waals surface area contributed by atoms with Crippen LogP contribution in [0, 0.1) is 5.92 Å². The quantitative estimate of drug-likeness (QED) is 0.596. The molecule has 7 nitrogen and oxygen atoms in total. The lowest BCUT2D eigenvalue weighted by atomic mass is 9.82. The van der Waals surface area contributed by atoms with E-state index in [4.69, 9.17) is 4.74 Å². The van der Waals surface area contributed by atoms with Gasteiger partial charge in [0.15, 0.2) is 0 Å². The van der Waals surface area contributed by atoms with Gasteiger partial charge in [-0.15, -0.1) is 0 Å². The first-order chi connectivity index (χ1) is 16.7. The van der Waals surface area contributed by atoms with Crippen molar-refractivity contribution in [3.05, 3.63) is 59.7 Å². The van der Waals surface area contributed by atoms with Gasteiger partial charge in [-0.1, -0.05) is 61.4 Å². The highest BCUT2D eigenvalue weighted by molar-refractivity contribution is 5.86. The topological polar surface area (TPSA) is 95.9 Å². The minimum Gasteiger partial charge on any atom is -0.480 e. The van der Waals surface area contributed by atoms with Crippen LogP contribution in [0.2, 0.25) is 0 Å². The van der Waals surface area contributed by atoms with E-state index in [-0.39, 0.29) is 36.8 Å². The van der Waals surface area contributed by atoms with Crippen LogP contribution in [0.25, 0.3) is 11.1 Å². The molecule has 2 aromatic carbocycles. The number of alkyl carbamates (subject to hydrolysis) is 1. The van der Waals surface area contributed by atoms with Gasteiger partial charge >= 0.3 is 12.1 Å². The molecule has 0 bridgehead atoms. The molecule has 0 aromatic heterocycles. The minimum atomic E-state index is -1.29. The first-order valence-corrected chi connectivity index (χ1v) is 12.3. The third kappa shape index (κ3) is 5.04. The molecule has 2 amide bonds. The molecule has 35 heavy (non-hydrogen) atoms. The molecule has 7 heteroatoms. The smallest absolute Gasteiger partial charge is 0.407 e. The van der Waals surface area contributed by atoms with Crippen LogP contribution < -0.4 is 5.32 Å². The highest BCUT2D eigenvalue weighted by Gasteiger charge is 2.37. The zero-order valence-electron chi connectivity index (χ0n) is 20.6. The molecule has 0 heterocycles. The molecule has 2 atom stereocenters. The summed E-state index contributed by atoms with van der Waals surface area (Å²) in [5.41, 5.74) is 3.38. The molecule has 4 rings (SSSR count). The lowest BCUT2D eigenvalue weighted by Gasteiger charge is -2.36. The second-order valence-corrected chi connectivity index (χ2v) is 10.1. The Morgan fingerprint density at radius 1 is 1.00 bits per heavy atom. The number of hydrogen-bond donors (Lipinski definition) is 2. The van der Waals surface area contributed by atoms with Gasteiger partial charge in [-0.3, -0.25) is 4.79 Å². The molecular formula is C28H34N2O5. The molecular weight excluding hydrogens is 444 g/mol. The van der Waals surface area contributed by atoms with Crippen LogP contribution in [0.3, 0.4) is 0 Å². The number of carboxylic acid groups (broad SMARTS) is 1. The van der Waals surface area contributed by atoms with Gasteiger partial charge in [-0.2, -0.15) is 0 Å². The Morgan fingerprint density at radius 3 is 2.17 bits per heavy atom. The number of hydrogen-bond acceptors (Lipinski definition) is 4. The zero-order chi connectivity index (χ0) is 25.2. The zero-order valence-corrected chi connectivity index (χ0v) is 20.6. The summed E-state index contributed by atoms with van der Waals surface area (Å²) in [6.07, 6.45) is 3.25. The number of likely N-dealkylation sites (N-methyl/N-ethyl adjacent to an activating group) is 1.